The second-order valence-corrected chi connectivity index (χ2v) is 6.98. The zero-order valence-corrected chi connectivity index (χ0v) is 15.1. The normalized spacial score (nSPS) is 17.4. The van der Waals surface area contributed by atoms with E-state index in [1.807, 2.05) is 19.1 Å². The quantitative estimate of drug-likeness (QED) is 0.546. The fraction of sp³-hybridized carbons (Fsp3) is 0.353. The summed E-state index contributed by atoms with van der Waals surface area (Å²) in [6.45, 7) is 1.96. The molecular formula is C17H18NO4S2-. The molecule has 0 N–H and O–H groups in total. The van der Waals surface area contributed by atoms with Crippen LogP contribution in [0.1, 0.15) is 31.7 Å². The molecule has 2 rings (SSSR count). The van der Waals surface area contributed by atoms with E-state index < -0.39 is 12.0 Å². The lowest BCUT2D eigenvalue weighted by atomic mass is 10.1. The molecule has 1 aromatic carbocycles. The van der Waals surface area contributed by atoms with Crippen LogP contribution < -0.4 is 9.84 Å². The molecule has 128 valence electrons. The Labute approximate surface area is 150 Å². The highest BCUT2D eigenvalue weighted by molar-refractivity contribution is 8.26. The Balaban J connectivity index is 2.23. The molecule has 1 heterocycles. The average Bonchev–Trinajstić information content (AvgIpc) is 2.83. The maximum absolute atomic E-state index is 12.6. The standard InChI is InChI=1S/C17H19NO4S2/c1-3-4-5-13(16(20)21)18-15(19)14(24-17(18)23)10-11-6-8-12(22-2)9-7-11/h6-10,13H,3-5H2,1-2H3,(H,20,21)/p-1/b14-10-/t13-/m0/s1. The molecule has 1 saturated heterocycles. The number of benzene rings is 1. The number of unbranched alkanes of at least 4 members (excludes halogenated alkanes) is 1. The highest BCUT2D eigenvalue weighted by atomic mass is 32.2. The second-order valence-electron chi connectivity index (χ2n) is 5.30. The van der Waals surface area contributed by atoms with Crippen molar-refractivity contribution in [3.63, 3.8) is 0 Å². The molecule has 0 saturated carbocycles. The molecule has 0 aliphatic carbocycles. The molecule has 1 fully saturated rings. The summed E-state index contributed by atoms with van der Waals surface area (Å²) < 4.78 is 5.35. The Bertz CT molecular complexity index is 670. The van der Waals surface area contributed by atoms with Crippen LogP contribution >= 0.6 is 24.0 Å². The second kappa shape index (κ2) is 8.30. The van der Waals surface area contributed by atoms with Crippen molar-refractivity contribution in [2.24, 2.45) is 0 Å². The minimum atomic E-state index is -1.27. The van der Waals surface area contributed by atoms with Gasteiger partial charge in [0, 0.05) is 0 Å². The van der Waals surface area contributed by atoms with E-state index in [1.54, 1.807) is 25.3 Å². The summed E-state index contributed by atoms with van der Waals surface area (Å²) in [5.74, 6) is -0.937. The van der Waals surface area contributed by atoms with Crippen molar-refractivity contribution >= 4 is 46.3 Å². The lowest BCUT2D eigenvalue weighted by Crippen LogP contribution is -2.49. The summed E-state index contributed by atoms with van der Waals surface area (Å²) in [5, 5.41) is 11.4. The van der Waals surface area contributed by atoms with Crippen molar-refractivity contribution in [3.05, 3.63) is 34.7 Å². The molecule has 0 aromatic heterocycles. The third kappa shape index (κ3) is 4.15. The van der Waals surface area contributed by atoms with Gasteiger partial charge < -0.3 is 14.6 Å². The van der Waals surface area contributed by atoms with Crippen LogP contribution in [-0.4, -0.2) is 34.2 Å². The Kier molecular flexibility index (Phi) is 6.39. The van der Waals surface area contributed by atoms with Gasteiger partial charge in [0.05, 0.1) is 24.0 Å². The number of nitrogens with zero attached hydrogens (tertiary/aromatic N) is 1. The molecule has 1 amide bonds. The van der Waals surface area contributed by atoms with E-state index in [0.29, 0.717) is 17.7 Å². The third-order valence-corrected chi connectivity index (χ3v) is 4.98. The van der Waals surface area contributed by atoms with E-state index in [1.165, 1.54) is 4.90 Å². The van der Waals surface area contributed by atoms with Gasteiger partial charge in [0.25, 0.3) is 5.91 Å². The van der Waals surface area contributed by atoms with Crippen molar-refractivity contribution in [1.82, 2.24) is 4.90 Å². The zero-order valence-electron chi connectivity index (χ0n) is 13.5. The molecule has 0 spiro atoms. The van der Waals surface area contributed by atoms with Gasteiger partial charge in [0.1, 0.15) is 10.1 Å². The summed E-state index contributed by atoms with van der Waals surface area (Å²) in [6, 6.07) is 6.20. The van der Waals surface area contributed by atoms with E-state index >= 15 is 0 Å². The first kappa shape index (κ1) is 18.5. The smallest absolute Gasteiger partial charge is 0.266 e. The summed E-state index contributed by atoms with van der Waals surface area (Å²) >= 11 is 6.32. The van der Waals surface area contributed by atoms with E-state index in [4.69, 9.17) is 17.0 Å². The predicted molar refractivity (Wildman–Crippen MR) is 96.3 cm³/mol. The van der Waals surface area contributed by atoms with Crippen LogP contribution in [0.15, 0.2) is 29.2 Å². The SMILES string of the molecule is CCCC[C@@H](C(=O)[O-])N1C(=O)/C(=C/c2ccc(OC)cc2)SC1=S. The van der Waals surface area contributed by atoms with Gasteiger partial charge >= 0.3 is 0 Å². The van der Waals surface area contributed by atoms with Crippen LogP contribution in [0, 0.1) is 0 Å². The van der Waals surface area contributed by atoms with Crippen LogP contribution in [0.5, 0.6) is 5.75 Å². The van der Waals surface area contributed by atoms with Crippen molar-refractivity contribution in [3.8, 4) is 5.75 Å². The van der Waals surface area contributed by atoms with Gasteiger partial charge in [-0.15, -0.1) is 0 Å². The van der Waals surface area contributed by atoms with Crippen LogP contribution in [0.4, 0.5) is 0 Å². The summed E-state index contributed by atoms with van der Waals surface area (Å²) in [4.78, 5) is 25.6. The molecule has 0 bridgehead atoms. The first-order valence-electron chi connectivity index (χ1n) is 7.60. The fourth-order valence-corrected chi connectivity index (χ4v) is 3.71. The minimum absolute atomic E-state index is 0.255. The van der Waals surface area contributed by atoms with Crippen molar-refractivity contribution in [2.45, 2.75) is 32.2 Å². The molecule has 0 unspecified atom stereocenters. The number of carbonyl (C=O) groups excluding carboxylic acids is 2. The molecule has 1 aliphatic rings. The number of aliphatic carboxylic acids is 1. The Hall–Kier alpha value is -1.86. The summed E-state index contributed by atoms with van der Waals surface area (Å²) in [7, 11) is 1.58. The lowest BCUT2D eigenvalue weighted by molar-refractivity contribution is -0.310. The Morgan fingerprint density at radius 2 is 2.08 bits per heavy atom. The number of carboxylic acid groups (broad SMARTS) is 1. The van der Waals surface area contributed by atoms with E-state index in [2.05, 4.69) is 0 Å². The highest BCUT2D eigenvalue weighted by Crippen LogP contribution is 2.35. The Morgan fingerprint density at radius 3 is 2.62 bits per heavy atom. The number of amides is 1. The number of hydrogen-bond donors (Lipinski definition) is 0. The molecular weight excluding hydrogens is 346 g/mol. The zero-order chi connectivity index (χ0) is 17.7. The first-order valence-corrected chi connectivity index (χ1v) is 8.82. The number of thioether (sulfide) groups is 1. The van der Waals surface area contributed by atoms with Gasteiger partial charge in [0.15, 0.2) is 0 Å². The summed E-state index contributed by atoms with van der Waals surface area (Å²) in [6.07, 6.45) is 3.56. The number of hydrogen-bond acceptors (Lipinski definition) is 6. The van der Waals surface area contributed by atoms with Crippen LogP contribution in [0.25, 0.3) is 6.08 Å². The van der Waals surface area contributed by atoms with Gasteiger partial charge in [-0.25, -0.2) is 0 Å². The number of carboxylic acids is 1. The van der Waals surface area contributed by atoms with E-state index in [0.717, 1.165) is 29.5 Å². The summed E-state index contributed by atoms with van der Waals surface area (Å²) in [5.41, 5.74) is 0.815. The molecule has 1 aromatic rings. The molecule has 1 aliphatic heterocycles. The Morgan fingerprint density at radius 1 is 1.42 bits per heavy atom. The van der Waals surface area contributed by atoms with Crippen LogP contribution in [0.2, 0.25) is 0 Å². The maximum Gasteiger partial charge on any atom is 0.266 e. The predicted octanol–water partition coefficient (Wildman–Crippen LogP) is 2.21. The fourth-order valence-electron chi connectivity index (χ4n) is 2.35. The molecule has 1 atom stereocenters. The van der Waals surface area contributed by atoms with Crippen molar-refractivity contribution in [2.75, 3.05) is 7.11 Å². The minimum Gasteiger partial charge on any atom is -0.548 e. The third-order valence-electron chi connectivity index (χ3n) is 3.65. The number of carbonyl (C=O) groups is 2. The van der Waals surface area contributed by atoms with E-state index in [-0.39, 0.29) is 10.2 Å². The molecule has 24 heavy (non-hydrogen) atoms. The number of thiocarbonyl (C=S) groups is 1. The number of rotatable bonds is 7. The highest BCUT2D eigenvalue weighted by Gasteiger charge is 2.37. The van der Waals surface area contributed by atoms with Crippen molar-refractivity contribution in [1.29, 1.82) is 0 Å². The van der Waals surface area contributed by atoms with Gasteiger partial charge in [-0.05, 0) is 30.2 Å². The molecule has 5 nitrogen and oxygen atoms in total. The topological polar surface area (TPSA) is 69.7 Å². The molecule has 0 radical (unpaired) electrons. The van der Waals surface area contributed by atoms with Crippen molar-refractivity contribution < 1.29 is 19.4 Å². The molecule has 7 heteroatoms. The van der Waals surface area contributed by atoms with Crippen LogP contribution in [-0.2, 0) is 9.59 Å². The maximum atomic E-state index is 12.6. The number of methoxy groups -OCH3 is 1. The average molecular weight is 364 g/mol. The largest absolute Gasteiger partial charge is 0.548 e. The van der Waals surface area contributed by atoms with Gasteiger partial charge in [-0.2, -0.15) is 0 Å². The van der Waals surface area contributed by atoms with Gasteiger partial charge in [-0.3, -0.25) is 9.69 Å². The monoisotopic (exact) mass is 364 g/mol. The first-order chi connectivity index (χ1) is 11.5. The van der Waals surface area contributed by atoms with E-state index in [9.17, 15) is 14.7 Å². The van der Waals surface area contributed by atoms with Crippen LogP contribution in [0.3, 0.4) is 0 Å². The lowest BCUT2D eigenvalue weighted by Gasteiger charge is -2.27. The van der Waals surface area contributed by atoms with Gasteiger partial charge in [0.2, 0.25) is 0 Å². The van der Waals surface area contributed by atoms with Gasteiger partial charge in [-0.1, -0.05) is 55.9 Å². The number of ether oxygens (including phenoxy) is 1.